The minimum absolute atomic E-state index is 0.438. The minimum atomic E-state index is -0.630. The number of nitrogens with zero attached hydrogens (tertiary/aromatic N) is 3. The van der Waals surface area contributed by atoms with Crippen LogP contribution in [0.25, 0.3) is 5.69 Å². The summed E-state index contributed by atoms with van der Waals surface area (Å²) >= 11 is 6.10. The first-order valence-electron chi connectivity index (χ1n) is 7.73. The monoisotopic (exact) mass is 342 g/mol. The highest BCUT2D eigenvalue weighted by Gasteiger charge is 2.10. The Labute approximate surface area is 145 Å². The zero-order valence-electron chi connectivity index (χ0n) is 13.4. The predicted octanol–water partition coefficient (Wildman–Crippen LogP) is 3.05. The highest BCUT2D eigenvalue weighted by molar-refractivity contribution is 6.31. The van der Waals surface area contributed by atoms with Crippen molar-refractivity contribution in [2.75, 3.05) is 6.54 Å². The standard InChI is InChI=1S/C18H19ClN4O/c1-13-8-14(6-7-17(13)23-12-21-11-22-23)9-20-10-18(24)15-4-2-3-5-16(15)19/h2-8,11-12,18,20,24H,9-10H2,1H3. The Balaban J connectivity index is 1.59. The first-order chi connectivity index (χ1) is 11.6. The molecule has 0 saturated carbocycles. The van der Waals surface area contributed by atoms with E-state index in [-0.39, 0.29) is 0 Å². The largest absolute Gasteiger partial charge is 0.387 e. The van der Waals surface area contributed by atoms with Gasteiger partial charge in [-0.1, -0.05) is 41.9 Å². The van der Waals surface area contributed by atoms with E-state index in [1.54, 1.807) is 17.1 Å². The Morgan fingerprint density at radius 2 is 2.08 bits per heavy atom. The average Bonchev–Trinajstić information content (AvgIpc) is 3.09. The minimum Gasteiger partial charge on any atom is -0.387 e. The van der Waals surface area contributed by atoms with Gasteiger partial charge in [-0.05, 0) is 30.2 Å². The third kappa shape index (κ3) is 3.82. The van der Waals surface area contributed by atoms with Gasteiger partial charge in [0.15, 0.2) is 0 Å². The van der Waals surface area contributed by atoms with E-state index in [9.17, 15) is 5.11 Å². The molecule has 24 heavy (non-hydrogen) atoms. The third-order valence-electron chi connectivity index (χ3n) is 3.86. The van der Waals surface area contributed by atoms with Crippen molar-refractivity contribution < 1.29 is 5.11 Å². The highest BCUT2D eigenvalue weighted by atomic mass is 35.5. The summed E-state index contributed by atoms with van der Waals surface area (Å²) in [4.78, 5) is 3.97. The molecule has 0 fully saturated rings. The van der Waals surface area contributed by atoms with Gasteiger partial charge in [-0.15, -0.1) is 0 Å². The zero-order chi connectivity index (χ0) is 16.9. The molecule has 2 aromatic carbocycles. The van der Waals surface area contributed by atoms with Crippen molar-refractivity contribution in [2.24, 2.45) is 0 Å². The van der Waals surface area contributed by atoms with Crippen LogP contribution in [0.4, 0.5) is 0 Å². The molecule has 0 saturated heterocycles. The van der Waals surface area contributed by atoms with Crippen molar-refractivity contribution >= 4 is 11.6 Å². The van der Waals surface area contributed by atoms with Gasteiger partial charge >= 0.3 is 0 Å². The van der Waals surface area contributed by atoms with Crippen LogP contribution in [0, 0.1) is 6.92 Å². The number of aromatic nitrogens is 3. The van der Waals surface area contributed by atoms with Gasteiger partial charge in [-0.25, -0.2) is 9.67 Å². The smallest absolute Gasteiger partial charge is 0.138 e. The first kappa shape index (κ1) is 16.6. The van der Waals surface area contributed by atoms with Crippen LogP contribution in [-0.4, -0.2) is 26.4 Å². The van der Waals surface area contributed by atoms with Gasteiger partial charge in [0.25, 0.3) is 0 Å². The van der Waals surface area contributed by atoms with Gasteiger partial charge in [0, 0.05) is 23.7 Å². The number of nitrogens with one attached hydrogen (secondary N) is 1. The average molecular weight is 343 g/mol. The molecule has 3 aromatic rings. The van der Waals surface area contributed by atoms with Crippen LogP contribution in [0.1, 0.15) is 22.8 Å². The van der Waals surface area contributed by atoms with Crippen molar-refractivity contribution in [3.63, 3.8) is 0 Å². The lowest BCUT2D eigenvalue weighted by molar-refractivity contribution is 0.174. The summed E-state index contributed by atoms with van der Waals surface area (Å²) in [5, 5.41) is 18.2. The van der Waals surface area contributed by atoms with Crippen LogP contribution in [0.5, 0.6) is 0 Å². The van der Waals surface area contributed by atoms with Gasteiger partial charge < -0.3 is 10.4 Å². The molecule has 2 N–H and O–H groups in total. The molecule has 6 heteroatoms. The lowest BCUT2D eigenvalue weighted by Crippen LogP contribution is -2.21. The second-order valence-corrected chi connectivity index (χ2v) is 6.04. The lowest BCUT2D eigenvalue weighted by Gasteiger charge is -2.14. The van der Waals surface area contributed by atoms with Crippen LogP contribution in [0.3, 0.4) is 0 Å². The molecular weight excluding hydrogens is 324 g/mol. The molecule has 0 amide bonds. The molecule has 3 rings (SSSR count). The second kappa shape index (κ2) is 7.57. The van der Waals surface area contributed by atoms with E-state index < -0.39 is 6.10 Å². The van der Waals surface area contributed by atoms with Gasteiger partial charge in [0.1, 0.15) is 12.7 Å². The van der Waals surface area contributed by atoms with Crippen molar-refractivity contribution in [2.45, 2.75) is 19.6 Å². The Bertz CT molecular complexity index is 805. The number of rotatable bonds is 6. The maximum atomic E-state index is 10.2. The Hall–Kier alpha value is -2.21. The van der Waals surface area contributed by atoms with Crippen LogP contribution >= 0.6 is 11.6 Å². The van der Waals surface area contributed by atoms with Gasteiger partial charge in [-0.2, -0.15) is 5.10 Å². The van der Waals surface area contributed by atoms with Crippen molar-refractivity contribution in [3.8, 4) is 5.69 Å². The van der Waals surface area contributed by atoms with E-state index >= 15 is 0 Å². The van der Waals surface area contributed by atoms with E-state index in [0.717, 1.165) is 22.4 Å². The fourth-order valence-corrected chi connectivity index (χ4v) is 2.89. The summed E-state index contributed by atoms with van der Waals surface area (Å²) in [5.41, 5.74) is 4.01. The molecule has 124 valence electrons. The highest BCUT2D eigenvalue weighted by Crippen LogP contribution is 2.22. The number of hydrogen-bond acceptors (Lipinski definition) is 4. The van der Waals surface area contributed by atoms with Crippen molar-refractivity contribution in [1.29, 1.82) is 0 Å². The molecule has 1 heterocycles. The molecule has 1 aromatic heterocycles. The zero-order valence-corrected chi connectivity index (χ0v) is 14.1. The maximum Gasteiger partial charge on any atom is 0.138 e. The topological polar surface area (TPSA) is 63.0 Å². The number of benzene rings is 2. The Morgan fingerprint density at radius 1 is 1.25 bits per heavy atom. The van der Waals surface area contributed by atoms with E-state index in [2.05, 4.69) is 21.5 Å². The molecule has 0 aliphatic carbocycles. The summed E-state index contributed by atoms with van der Waals surface area (Å²) < 4.78 is 1.74. The molecule has 1 atom stereocenters. The number of hydrogen-bond donors (Lipinski definition) is 2. The summed E-state index contributed by atoms with van der Waals surface area (Å²) in [6.45, 7) is 3.15. The van der Waals surface area contributed by atoms with E-state index in [4.69, 9.17) is 11.6 Å². The van der Waals surface area contributed by atoms with Crippen LogP contribution in [0.2, 0.25) is 5.02 Å². The summed E-state index contributed by atoms with van der Waals surface area (Å²) in [6, 6.07) is 13.5. The Morgan fingerprint density at radius 3 is 2.79 bits per heavy atom. The molecule has 0 aliphatic heterocycles. The van der Waals surface area contributed by atoms with Crippen LogP contribution in [0.15, 0.2) is 55.1 Å². The fraction of sp³-hybridized carbons (Fsp3) is 0.222. The number of aliphatic hydroxyl groups is 1. The maximum absolute atomic E-state index is 10.2. The molecule has 5 nitrogen and oxygen atoms in total. The molecule has 0 aliphatic rings. The first-order valence-corrected chi connectivity index (χ1v) is 8.10. The lowest BCUT2D eigenvalue weighted by atomic mass is 10.1. The number of halogens is 1. The van der Waals surface area contributed by atoms with Crippen LogP contribution < -0.4 is 5.32 Å². The summed E-state index contributed by atoms with van der Waals surface area (Å²) in [6.07, 6.45) is 2.57. The summed E-state index contributed by atoms with van der Waals surface area (Å²) in [7, 11) is 0. The van der Waals surface area contributed by atoms with E-state index in [1.165, 1.54) is 6.33 Å². The predicted molar refractivity (Wildman–Crippen MR) is 94.2 cm³/mol. The molecule has 0 radical (unpaired) electrons. The fourth-order valence-electron chi connectivity index (χ4n) is 2.63. The molecule has 1 unspecified atom stereocenters. The molecule has 0 bridgehead atoms. The number of aryl methyl sites for hydroxylation is 1. The SMILES string of the molecule is Cc1cc(CNCC(O)c2ccccc2Cl)ccc1-n1cncn1. The van der Waals surface area contributed by atoms with Gasteiger partial charge in [-0.3, -0.25) is 0 Å². The summed E-state index contributed by atoms with van der Waals surface area (Å²) in [5.74, 6) is 0. The normalized spacial score (nSPS) is 12.3. The third-order valence-corrected chi connectivity index (χ3v) is 4.20. The molecule has 0 spiro atoms. The van der Waals surface area contributed by atoms with E-state index in [0.29, 0.717) is 18.1 Å². The Kier molecular flexibility index (Phi) is 5.25. The van der Waals surface area contributed by atoms with Gasteiger partial charge in [0.2, 0.25) is 0 Å². The molecular formula is C18H19ClN4O. The number of aliphatic hydroxyl groups excluding tert-OH is 1. The van der Waals surface area contributed by atoms with Crippen molar-refractivity contribution in [1.82, 2.24) is 20.1 Å². The van der Waals surface area contributed by atoms with Gasteiger partial charge in [0.05, 0.1) is 11.8 Å². The van der Waals surface area contributed by atoms with Crippen molar-refractivity contribution in [3.05, 3.63) is 76.8 Å². The second-order valence-electron chi connectivity index (χ2n) is 5.63. The van der Waals surface area contributed by atoms with E-state index in [1.807, 2.05) is 37.3 Å². The quantitative estimate of drug-likeness (QED) is 0.722. The van der Waals surface area contributed by atoms with Crippen LogP contribution in [-0.2, 0) is 6.54 Å².